The van der Waals surface area contributed by atoms with Crippen LogP contribution in [0.15, 0.2) is 24.3 Å². The second kappa shape index (κ2) is 5.35. The molecule has 5 heteroatoms. The molecule has 0 bridgehead atoms. The number of para-hydroxylation sites is 1. The molecule has 1 aromatic carbocycles. The van der Waals surface area contributed by atoms with Crippen LogP contribution in [0.3, 0.4) is 0 Å². The second-order valence-electron chi connectivity index (χ2n) is 4.57. The molecule has 1 saturated heterocycles. The van der Waals surface area contributed by atoms with Crippen molar-refractivity contribution in [2.24, 2.45) is 17.4 Å². The lowest BCUT2D eigenvalue weighted by Gasteiger charge is -2.34. The van der Waals surface area contributed by atoms with E-state index in [1.54, 1.807) is 0 Å². The van der Waals surface area contributed by atoms with E-state index in [4.69, 9.17) is 23.7 Å². The number of benzene rings is 1. The van der Waals surface area contributed by atoms with Crippen LogP contribution in [0.2, 0.25) is 0 Å². The third kappa shape index (κ3) is 2.61. The van der Waals surface area contributed by atoms with Crippen molar-refractivity contribution in [3.05, 3.63) is 29.8 Å². The molecule has 18 heavy (non-hydrogen) atoms. The molecule has 1 unspecified atom stereocenters. The van der Waals surface area contributed by atoms with Gasteiger partial charge in [-0.05, 0) is 25.0 Å². The standard InChI is InChI=1S/C13H17N3OS/c14-12(17)9-4-3-7-16(8-9)11-6-2-1-5-10(11)13(15)18/h1-2,5-6,9H,3-4,7-8H2,(H2,14,17)(H2,15,18). The minimum absolute atomic E-state index is 0.0850. The Morgan fingerprint density at radius 2 is 2.06 bits per heavy atom. The highest BCUT2D eigenvalue weighted by atomic mass is 32.1. The van der Waals surface area contributed by atoms with Gasteiger partial charge in [-0.2, -0.15) is 0 Å². The van der Waals surface area contributed by atoms with Crippen molar-refractivity contribution in [2.75, 3.05) is 18.0 Å². The number of carbonyl (C=O) groups excluding carboxylic acids is 1. The molecule has 2 rings (SSSR count). The first kappa shape index (κ1) is 12.8. The molecule has 4 N–H and O–H groups in total. The summed E-state index contributed by atoms with van der Waals surface area (Å²) in [5.41, 5.74) is 13.0. The van der Waals surface area contributed by atoms with Gasteiger partial charge < -0.3 is 16.4 Å². The molecule has 1 atom stereocenters. The molecule has 1 aliphatic heterocycles. The van der Waals surface area contributed by atoms with Crippen LogP contribution in [0.4, 0.5) is 5.69 Å². The highest BCUT2D eigenvalue weighted by molar-refractivity contribution is 7.80. The lowest BCUT2D eigenvalue weighted by Crippen LogP contribution is -2.41. The molecule has 1 fully saturated rings. The molecule has 0 aromatic heterocycles. The fourth-order valence-corrected chi connectivity index (χ4v) is 2.56. The Labute approximate surface area is 112 Å². The first-order valence-electron chi connectivity index (χ1n) is 6.02. The van der Waals surface area contributed by atoms with Crippen LogP contribution < -0.4 is 16.4 Å². The van der Waals surface area contributed by atoms with Crippen molar-refractivity contribution in [1.82, 2.24) is 0 Å². The van der Waals surface area contributed by atoms with E-state index in [-0.39, 0.29) is 11.8 Å². The molecule has 1 aromatic rings. The zero-order valence-corrected chi connectivity index (χ0v) is 11.0. The van der Waals surface area contributed by atoms with E-state index < -0.39 is 0 Å². The molecule has 0 saturated carbocycles. The number of carbonyl (C=O) groups is 1. The highest BCUT2D eigenvalue weighted by Crippen LogP contribution is 2.26. The minimum atomic E-state index is -0.229. The Kier molecular flexibility index (Phi) is 3.81. The Morgan fingerprint density at radius 3 is 2.72 bits per heavy atom. The summed E-state index contributed by atoms with van der Waals surface area (Å²) in [6, 6.07) is 7.75. The molecule has 1 aliphatic rings. The predicted octanol–water partition coefficient (Wildman–Crippen LogP) is 1.02. The number of nitrogens with zero attached hydrogens (tertiary/aromatic N) is 1. The molecule has 0 radical (unpaired) electrons. The zero-order valence-electron chi connectivity index (χ0n) is 10.1. The van der Waals surface area contributed by atoms with Gasteiger partial charge in [-0.15, -0.1) is 0 Å². The van der Waals surface area contributed by atoms with Gasteiger partial charge in [-0.25, -0.2) is 0 Å². The first-order valence-corrected chi connectivity index (χ1v) is 6.43. The minimum Gasteiger partial charge on any atom is -0.389 e. The van der Waals surface area contributed by atoms with Crippen molar-refractivity contribution in [2.45, 2.75) is 12.8 Å². The van der Waals surface area contributed by atoms with Gasteiger partial charge in [-0.1, -0.05) is 24.4 Å². The fraction of sp³-hybridized carbons (Fsp3) is 0.385. The van der Waals surface area contributed by atoms with Crippen molar-refractivity contribution in [1.29, 1.82) is 0 Å². The van der Waals surface area contributed by atoms with E-state index in [0.717, 1.165) is 30.6 Å². The smallest absolute Gasteiger partial charge is 0.222 e. The lowest BCUT2D eigenvalue weighted by molar-refractivity contribution is -0.122. The summed E-state index contributed by atoms with van der Waals surface area (Å²) in [6.45, 7) is 1.55. The number of rotatable bonds is 3. The second-order valence-corrected chi connectivity index (χ2v) is 5.01. The molecule has 1 heterocycles. The normalized spacial score (nSPS) is 19.6. The largest absolute Gasteiger partial charge is 0.389 e. The Morgan fingerprint density at radius 1 is 1.33 bits per heavy atom. The summed E-state index contributed by atoms with van der Waals surface area (Å²) in [5, 5.41) is 0. The predicted molar refractivity (Wildman–Crippen MR) is 76.5 cm³/mol. The molecule has 0 aliphatic carbocycles. The molecular formula is C13H17N3OS. The van der Waals surface area contributed by atoms with Gasteiger partial charge in [0.25, 0.3) is 0 Å². The van der Waals surface area contributed by atoms with E-state index in [1.807, 2.05) is 24.3 Å². The topological polar surface area (TPSA) is 72.4 Å². The average Bonchev–Trinajstić information content (AvgIpc) is 2.39. The third-order valence-corrected chi connectivity index (χ3v) is 3.55. The van der Waals surface area contributed by atoms with E-state index >= 15 is 0 Å². The lowest BCUT2D eigenvalue weighted by atomic mass is 9.96. The summed E-state index contributed by atoms with van der Waals surface area (Å²) in [6.07, 6.45) is 1.82. The maximum atomic E-state index is 11.3. The SMILES string of the molecule is NC(=O)C1CCCN(c2ccccc2C(N)=S)C1. The van der Waals surface area contributed by atoms with Gasteiger partial charge in [-0.3, -0.25) is 4.79 Å². The van der Waals surface area contributed by atoms with Crippen LogP contribution in [0.1, 0.15) is 18.4 Å². The Bertz CT molecular complexity index is 475. The number of nitrogens with two attached hydrogens (primary N) is 2. The number of amides is 1. The number of thiocarbonyl (C=S) groups is 1. The van der Waals surface area contributed by atoms with E-state index in [0.29, 0.717) is 11.5 Å². The monoisotopic (exact) mass is 263 g/mol. The van der Waals surface area contributed by atoms with Gasteiger partial charge in [0.2, 0.25) is 5.91 Å². The van der Waals surface area contributed by atoms with Crippen LogP contribution >= 0.6 is 12.2 Å². The molecule has 4 nitrogen and oxygen atoms in total. The summed E-state index contributed by atoms with van der Waals surface area (Å²) >= 11 is 5.06. The van der Waals surface area contributed by atoms with Gasteiger partial charge in [0.1, 0.15) is 4.99 Å². The zero-order chi connectivity index (χ0) is 13.1. The first-order chi connectivity index (χ1) is 8.59. The average molecular weight is 263 g/mol. The van der Waals surface area contributed by atoms with Gasteiger partial charge in [0, 0.05) is 24.3 Å². The number of hydrogen-bond acceptors (Lipinski definition) is 3. The fourth-order valence-electron chi connectivity index (χ4n) is 2.39. The van der Waals surface area contributed by atoms with Gasteiger partial charge >= 0.3 is 0 Å². The van der Waals surface area contributed by atoms with E-state index in [1.165, 1.54) is 0 Å². The maximum absolute atomic E-state index is 11.3. The third-order valence-electron chi connectivity index (χ3n) is 3.33. The molecule has 1 amide bonds. The van der Waals surface area contributed by atoms with Crippen molar-refractivity contribution < 1.29 is 4.79 Å². The maximum Gasteiger partial charge on any atom is 0.222 e. The summed E-state index contributed by atoms with van der Waals surface area (Å²) in [7, 11) is 0. The van der Waals surface area contributed by atoms with Crippen LogP contribution in [0, 0.1) is 5.92 Å². The Hall–Kier alpha value is -1.62. The summed E-state index contributed by atoms with van der Waals surface area (Å²) < 4.78 is 0. The van der Waals surface area contributed by atoms with Crippen LogP contribution in [0.5, 0.6) is 0 Å². The van der Waals surface area contributed by atoms with E-state index in [9.17, 15) is 4.79 Å². The van der Waals surface area contributed by atoms with Crippen molar-refractivity contribution >= 4 is 28.8 Å². The summed E-state index contributed by atoms with van der Waals surface area (Å²) in [4.78, 5) is 13.8. The quantitative estimate of drug-likeness (QED) is 0.799. The molecular weight excluding hydrogens is 246 g/mol. The van der Waals surface area contributed by atoms with Crippen molar-refractivity contribution in [3.63, 3.8) is 0 Å². The van der Waals surface area contributed by atoms with E-state index in [2.05, 4.69) is 4.90 Å². The highest BCUT2D eigenvalue weighted by Gasteiger charge is 2.25. The van der Waals surface area contributed by atoms with Gasteiger partial charge in [0.05, 0.1) is 5.92 Å². The number of primary amides is 1. The van der Waals surface area contributed by atoms with Crippen molar-refractivity contribution in [3.8, 4) is 0 Å². The van der Waals surface area contributed by atoms with Crippen LogP contribution in [-0.4, -0.2) is 24.0 Å². The van der Waals surface area contributed by atoms with Crippen LogP contribution in [-0.2, 0) is 4.79 Å². The number of piperidine rings is 1. The summed E-state index contributed by atoms with van der Waals surface area (Å²) in [5.74, 6) is -0.314. The van der Waals surface area contributed by atoms with Gasteiger partial charge in [0.15, 0.2) is 0 Å². The molecule has 0 spiro atoms. The Balaban J connectivity index is 2.26. The number of anilines is 1. The van der Waals surface area contributed by atoms with Crippen LogP contribution in [0.25, 0.3) is 0 Å². The number of hydrogen-bond donors (Lipinski definition) is 2. The molecule has 96 valence electrons.